The minimum absolute atomic E-state index is 0.179. The standard InChI is InChI=1S/C16H15BrFNO/c17-13-7-6-12(14(18)10-13)11-19-8-3-9-20-16-5-2-1-4-15(16)19/h1-2,4-7,10H,3,8-9,11H2. The van der Waals surface area contributed by atoms with Gasteiger partial charge < -0.3 is 9.64 Å². The third-order valence-electron chi connectivity index (χ3n) is 3.41. The second kappa shape index (κ2) is 5.83. The highest BCUT2D eigenvalue weighted by atomic mass is 79.9. The number of hydrogen-bond acceptors (Lipinski definition) is 2. The molecule has 0 saturated carbocycles. The highest BCUT2D eigenvalue weighted by Crippen LogP contribution is 2.32. The van der Waals surface area contributed by atoms with Gasteiger partial charge >= 0.3 is 0 Å². The summed E-state index contributed by atoms with van der Waals surface area (Å²) < 4.78 is 20.5. The lowest BCUT2D eigenvalue weighted by atomic mass is 10.1. The number of hydrogen-bond donors (Lipinski definition) is 0. The van der Waals surface area contributed by atoms with Crippen molar-refractivity contribution in [2.75, 3.05) is 18.1 Å². The average molecular weight is 336 g/mol. The third kappa shape index (κ3) is 2.80. The fraction of sp³-hybridized carbons (Fsp3) is 0.250. The van der Waals surface area contributed by atoms with E-state index in [0.717, 1.165) is 28.9 Å². The topological polar surface area (TPSA) is 12.5 Å². The van der Waals surface area contributed by atoms with Gasteiger partial charge in [-0.2, -0.15) is 0 Å². The zero-order valence-corrected chi connectivity index (χ0v) is 12.6. The van der Waals surface area contributed by atoms with Crippen LogP contribution in [0.5, 0.6) is 5.75 Å². The predicted molar refractivity (Wildman–Crippen MR) is 81.7 cm³/mol. The van der Waals surface area contributed by atoms with Gasteiger partial charge in [0.25, 0.3) is 0 Å². The van der Waals surface area contributed by atoms with E-state index in [0.29, 0.717) is 18.7 Å². The Kier molecular flexibility index (Phi) is 3.92. The zero-order valence-electron chi connectivity index (χ0n) is 11.0. The van der Waals surface area contributed by atoms with Crippen LogP contribution in [0.15, 0.2) is 46.9 Å². The summed E-state index contributed by atoms with van der Waals surface area (Å²) in [5.41, 5.74) is 1.73. The summed E-state index contributed by atoms with van der Waals surface area (Å²) in [5, 5.41) is 0. The second-order valence-corrected chi connectivity index (χ2v) is 5.74. The van der Waals surface area contributed by atoms with Crippen molar-refractivity contribution >= 4 is 21.6 Å². The number of nitrogens with zero attached hydrogens (tertiary/aromatic N) is 1. The maximum atomic E-state index is 14.0. The smallest absolute Gasteiger partial charge is 0.142 e. The van der Waals surface area contributed by atoms with Gasteiger partial charge in [0.15, 0.2) is 0 Å². The van der Waals surface area contributed by atoms with Crippen molar-refractivity contribution in [2.45, 2.75) is 13.0 Å². The van der Waals surface area contributed by atoms with Crippen molar-refractivity contribution in [3.8, 4) is 5.75 Å². The van der Waals surface area contributed by atoms with Gasteiger partial charge in [0.2, 0.25) is 0 Å². The molecule has 0 amide bonds. The van der Waals surface area contributed by atoms with Gasteiger partial charge in [-0.1, -0.05) is 34.1 Å². The van der Waals surface area contributed by atoms with Crippen LogP contribution in [0.3, 0.4) is 0 Å². The SMILES string of the molecule is Fc1cc(Br)ccc1CN1CCCOc2ccccc21. The summed E-state index contributed by atoms with van der Waals surface area (Å²) in [6.07, 6.45) is 0.937. The molecule has 0 fully saturated rings. The molecule has 1 heterocycles. The number of para-hydroxylation sites is 2. The lowest BCUT2D eigenvalue weighted by molar-refractivity contribution is 0.322. The molecular weight excluding hydrogens is 321 g/mol. The fourth-order valence-electron chi connectivity index (χ4n) is 2.42. The Morgan fingerprint density at radius 1 is 1.20 bits per heavy atom. The van der Waals surface area contributed by atoms with Crippen molar-refractivity contribution in [3.63, 3.8) is 0 Å². The van der Waals surface area contributed by atoms with Crippen molar-refractivity contribution in [1.29, 1.82) is 0 Å². The van der Waals surface area contributed by atoms with E-state index in [1.54, 1.807) is 0 Å². The summed E-state index contributed by atoms with van der Waals surface area (Å²) in [6.45, 7) is 2.13. The van der Waals surface area contributed by atoms with Crippen molar-refractivity contribution < 1.29 is 9.13 Å². The minimum Gasteiger partial charge on any atom is -0.491 e. The first-order valence-electron chi connectivity index (χ1n) is 6.65. The second-order valence-electron chi connectivity index (χ2n) is 4.83. The zero-order chi connectivity index (χ0) is 13.9. The summed E-state index contributed by atoms with van der Waals surface area (Å²) in [5.74, 6) is 0.699. The Hall–Kier alpha value is -1.55. The molecule has 2 nitrogen and oxygen atoms in total. The molecule has 2 aromatic carbocycles. The van der Waals surface area contributed by atoms with Crippen molar-refractivity contribution in [1.82, 2.24) is 0 Å². The van der Waals surface area contributed by atoms with Crippen LogP contribution in [0, 0.1) is 5.82 Å². The Morgan fingerprint density at radius 3 is 2.90 bits per heavy atom. The first-order chi connectivity index (χ1) is 9.74. The molecule has 0 atom stereocenters. The van der Waals surface area contributed by atoms with Crippen LogP contribution < -0.4 is 9.64 Å². The molecule has 3 rings (SSSR count). The summed E-state index contributed by atoms with van der Waals surface area (Å²) >= 11 is 3.29. The van der Waals surface area contributed by atoms with Gasteiger partial charge in [0.1, 0.15) is 11.6 Å². The maximum Gasteiger partial charge on any atom is 0.142 e. The molecule has 4 heteroatoms. The fourth-order valence-corrected chi connectivity index (χ4v) is 2.75. The number of rotatable bonds is 2. The van der Waals surface area contributed by atoms with Gasteiger partial charge in [-0.15, -0.1) is 0 Å². The summed E-state index contributed by atoms with van der Waals surface area (Å²) in [6, 6.07) is 13.1. The number of benzene rings is 2. The number of anilines is 1. The first kappa shape index (κ1) is 13.4. The van der Waals surface area contributed by atoms with Crippen molar-refractivity contribution in [3.05, 3.63) is 58.3 Å². The van der Waals surface area contributed by atoms with Crippen LogP contribution in [-0.4, -0.2) is 13.2 Å². The third-order valence-corrected chi connectivity index (χ3v) is 3.91. The summed E-state index contributed by atoms with van der Waals surface area (Å²) in [4.78, 5) is 2.18. The quantitative estimate of drug-likeness (QED) is 0.807. The van der Waals surface area contributed by atoms with Crippen LogP contribution in [0.4, 0.5) is 10.1 Å². The molecule has 104 valence electrons. The monoisotopic (exact) mass is 335 g/mol. The molecule has 0 N–H and O–H groups in total. The minimum atomic E-state index is -0.179. The number of fused-ring (bicyclic) bond motifs is 1. The van der Waals surface area contributed by atoms with E-state index >= 15 is 0 Å². The lowest BCUT2D eigenvalue weighted by Crippen LogP contribution is -2.23. The molecule has 20 heavy (non-hydrogen) atoms. The molecule has 0 bridgehead atoms. The van der Waals surface area contributed by atoms with Gasteiger partial charge in [0.05, 0.1) is 12.3 Å². The van der Waals surface area contributed by atoms with Gasteiger partial charge in [-0.3, -0.25) is 0 Å². The van der Waals surface area contributed by atoms with Crippen LogP contribution in [0.25, 0.3) is 0 Å². The molecular formula is C16H15BrFNO. The van der Waals surface area contributed by atoms with E-state index in [1.165, 1.54) is 6.07 Å². The Labute approximate surface area is 126 Å². The lowest BCUT2D eigenvalue weighted by Gasteiger charge is -2.24. The van der Waals surface area contributed by atoms with E-state index in [9.17, 15) is 4.39 Å². The highest BCUT2D eigenvalue weighted by molar-refractivity contribution is 9.10. The van der Waals surface area contributed by atoms with E-state index in [2.05, 4.69) is 20.8 Å². The number of halogens is 2. The molecule has 1 aliphatic rings. The first-order valence-corrected chi connectivity index (χ1v) is 7.44. The molecule has 0 radical (unpaired) electrons. The molecule has 1 aliphatic heterocycles. The van der Waals surface area contributed by atoms with Gasteiger partial charge in [0, 0.05) is 23.1 Å². The largest absolute Gasteiger partial charge is 0.491 e. The molecule has 2 aromatic rings. The highest BCUT2D eigenvalue weighted by Gasteiger charge is 2.17. The Bertz CT molecular complexity index is 617. The Morgan fingerprint density at radius 2 is 2.05 bits per heavy atom. The van der Waals surface area contributed by atoms with Crippen LogP contribution >= 0.6 is 15.9 Å². The normalized spacial score (nSPS) is 14.4. The van der Waals surface area contributed by atoms with E-state index < -0.39 is 0 Å². The predicted octanol–water partition coefficient (Wildman–Crippen LogP) is 4.38. The van der Waals surface area contributed by atoms with Crippen LogP contribution in [0.1, 0.15) is 12.0 Å². The van der Waals surface area contributed by atoms with E-state index in [-0.39, 0.29) is 5.82 Å². The maximum absolute atomic E-state index is 14.0. The van der Waals surface area contributed by atoms with E-state index in [1.807, 2.05) is 36.4 Å². The Balaban J connectivity index is 1.90. The van der Waals surface area contributed by atoms with Gasteiger partial charge in [-0.05, 0) is 30.7 Å². The average Bonchev–Trinajstić information content (AvgIpc) is 2.65. The van der Waals surface area contributed by atoms with Crippen molar-refractivity contribution in [2.24, 2.45) is 0 Å². The van der Waals surface area contributed by atoms with Gasteiger partial charge in [-0.25, -0.2) is 4.39 Å². The summed E-state index contributed by atoms with van der Waals surface area (Å²) in [7, 11) is 0. The molecule has 0 saturated heterocycles. The van der Waals surface area contributed by atoms with Crippen LogP contribution in [0.2, 0.25) is 0 Å². The molecule has 0 unspecified atom stereocenters. The molecule has 0 aliphatic carbocycles. The number of ether oxygens (including phenoxy) is 1. The van der Waals surface area contributed by atoms with E-state index in [4.69, 9.17) is 4.74 Å². The molecule has 0 spiro atoms. The van der Waals surface area contributed by atoms with Crippen LogP contribution in [-0.2, 0) is 6.54 Å². The molecule has 0 aromatic heterocycles.